The molecule has 0 aliphatic rings. The topological polar surface area (TPSA) is 29.1 Å². The van der Waals surface area contributed by atoms with Gasteiger partial charge in [0.1, 0.15) is 12.1 Å². The van der Waals surface area contributed by atoms with Crippen molar-refractivity contribution in [2.75, 3.05) is 7.05 Å². The number of hydrogen-bond donors (Lipinski definition) is 1. The first-order valence-electron chi connectivity index (χ1n) is 4.13. The molecule has 0 radical (unpaired) electrons. The molecule has 2 nitrogen and oxygen atoms in total. The molecule has 13 heavy (non-hydrogen) atoms. The fraction of sp³-hybridized carbons (Fsp3) is 0.300. The lowest BCUT2D eigenvalue weighted by molar-refractivity contribution is -0.109. The van der Waals surface area contributed by atoms with Gasteiger partial charge in [-0.25, -0.2) is 4.39 Å². The van der Waals surface area contributed by atoms with Crippen LogP contribution in [0.1, 0.15) is 5.56 Å². The van der Waals surface area contributed by atoms with Crippen LogP contribution in [0.25, 0.3) is 0 Å². The Morgan fingerprint density at radius 2 is 2.38 bits per heavy atom. The van der Waals surface area contributed by atoms with E-state index >= 15 is 0 Å². The number of hydrogen-bond acceptors (Lipinski definition) is 2. The molecule has 0 aromatic heterocycles. The van der Waals surface area contributed by atoms with Gasteiger partial charge in [-0.1, -0.05) is 12.1 Å². The van der Waals surface area contributed by atoms with Crippen LogP contribution in [0.2, 0.25) is 0 Å². The summed E-state index contributed by atoms with van der Waals surface area (Å²) in [6, 6.07) is 6.04. The Balaban J connectivity index is 2.67. The Kier molecular flexibility index (Phi) is 3.58. The van der Waals surface area contributed by atoms with Gasteiger partial charge in [-0.05, 0) is 31.2 Å². The largest absolute Gasteiger partial charge is 0.311 e. The molecule has 0 spiro atoms. The number of rotatable bonds is 4. The Morgan fingerprint density at radius 3 is 2.92 bits per heavy atom. The lowest BCUT2D eigenvalue weighted by Gasteiger charge is -2.08. The van der Waals surface area contributed by atoms with Crippen LogP contribution in [0.3, 0.4) is 0 Å². The molecular formula is C10H12FNO. The monoisotopic (exact) mass is 181 g/mol. The molecule has 3 heteroatoms. The average molecular weight is 181 g/mol. The Hall–Kier alpha value is -1.22. The van der Waals surface area contributed by atoms with E-state index in [1.807, 2.05) is 0 Å². The third-order valence-corrected chi connectivity index (χ3v) is 1.88. The molecule has 0 saturated carbocycles. The van der Waals surface area contributed by atoms with E-state index in [4.69, 9.17) is 0 Å². The van der Waals surface area contributed by atoms with Gasteiger partial charge in [0.05, 0.1) is 6.04 Å². The third-order valence-electron chi connectivity index (χ3n) is 1.88. The average Bonchev–Trinajstić information content (AvgIpc) is 2.14. The van der Waals surface area contributed by atoms with Gasteiger partial charge < -0.3 is 10.1 Å². The fourth-order valence-corrected chi connectivity index (χ4v) is 1.14. The van der Waals surface area contributed by atoms with Crippen LogP contribution in [-0.2, 0) is 11.2 Å². The minimum Gasteiger partial charge on any atom is -0.311 e. The van der Waals surface area contributed by atoms with Crippen molar-refractivity contribution in [3.8, 4) is 0 Å². The van der Waals surface area contributed by atoms with Gasteiger partial charge in [-0.2, -0.15) is 0 Å². The highest BCUT2D eigenvalue weighted by molar-refractivity contribution is 5.58. The van der Waals surface area contributed by atoms with E-state index in [2.05, 4.69) is 5.32 Å². The number of carbonyl (C=O) groups is 1. The summed E-state index contributed by atoms with van der Waals surface area (Å²) in [5, 5.41) is 2.83. The molecule has 0 saturated heterocycles. The van der Waals surface area contributed by atoms with Gasteiger partial charge >= 0.3 is 0 Å². The SMILES string of the molecule is CN[C@H](C=O)Cc1cccc(F)c1. The Bertz CT molecular complexity index is 288. The van der Waals surface area contributed by atoms with Gasteiger partial charge in [0.15, 0.2) is 0 Å². The van der Waals surface area contributed by atoms with Crippen LogP contribution in [0, 0.1) is 5.82 Å². The second-order valence-electron chi connectivity index (χ2n) is 2.87. The van der Waals surface area contributed by atoms with E-state index in [0.717, 1.165) is 11.8 Å². The molecule has 1 atom stereocenters. The summed E-state index contributed by atoms with van der Waals surface area (Å²) in [6.07, 6.45) is 1.35. The van der Waals surface area contributed by atoms with E-state index < -0.39 is 0 Å². The van der Waals surface area contributed by atoms with Crippen molar-refractivity contribution < 1.29 is 9.18 Å². The molecule has 1 rings (SSSR count). The molecule has 1 N–H and O–H groups in total. The zero-order chi connectivity index (χ0) is 9.68. The highest BCUT2D eigenvalue weighted by atomic mass is 19.1. The van der Waals surface area contributed by atoms with Gasteiger partial charge in [0.25, 0.3) is 0 Å². The van der Waals surface area contributed by atoms with Crippen LogP contribution in [-0.4, -0.2) is 19.4 Å². The number of carbonyl (C=O) groups excluding carboxylic acids is 1. The summed E-state index contributed by atoms with van der Waals surface area (Å²) < 4.78 is 12.7. The molecule has 0 fully saturated rings. The lowest BCUT2D eigenvalue weighted by atomic mass is 10.1. The molecule has 0 aliphatic heterocycles. The van der Waals surface area contributed by atoms with Crippen molar-refractivity contribution in [1.82, 2.24) is 5.32 Å². The summed E-state index contributed by atoms with van der Waals surface area (Å²) in [4.78, 5) is 10.5. The molecule has 0 heterocycles. The van der Waals surface area contributed by atoms with E-state index in [1.54, 1.807) is 19.2 Å². The predicted octanol–water partition coefficient (Wildman–Crippen LogP) is 1.16. The van der Waals surface area contributed by atoms with E-state index in [1.165, 1.54) is 12.1 Å². The van der Waals surface area contributed by atoms with Crippen molar-refractivity contribution in [3.63, 3.8) is 0 Å². The second-order valence-corrected chi connectivity index (χ2v) is 2.87. The second kappa shape index (κ2) is 4.72. The summed E-state index contributed by atoms with van der Waals surface area (Å²) in [5.41, 5.74) is 0.825. The summed E-state index contributed by atoms with van der Waals surface area (Å²) >= 11 is 0. The first-order chi connectivity index (χ1) is 6.26. The van der Waals surface area contributed by atoms with Gasteiger partial charge in [0, 0.05) is 0 Å². The zero-order valence-corrected chi connectivity index (χ0v) is 7.46. The van der Waals surface area contributed by atoms with Crippen molar-refractivity contribution in [3.05, 3.63) is 35.6 Å². The molecule has 1 aromatic rings. The molecule has 0 aliphatic carbocycles. The quantitative estimate of drug-likeness (QED) is 0.706. The Morgan fingerprint density at radius 1 is 1.62 bits per heavy atom. The van der Waals surface area contributed by atoms with Crippen LogP contribution in [0.15, 0.2) is 24.3 Å². The van der Waals surface area contributed by atoms with Crippen LogP contribution in [0.4, 0.5) is 4.39 Å². The minimum absolute atomic E-state index is 0.234. The van der Waals surface area contributed by atoms with Crippen LogP contribution < -0.4 is 5.32 Å². The maximum Gasteiger partial charge on any atom is 0.137 e. The van der Waals surface area contributed by atoms with Gasteiger partial charge in [-0.15, -0.1) is 0 Å². The van der Waals surface area contributed by atoms with Crippen molar-refractivity contribution >= 4 is 6.29 Å². The molecule has 70 valence electrons. The van der Waals surface area contributed by atoms with Crippen molar-refractivity contribution in [2.45, 2.75) is 12.5 Å². The van der Waals surface area contributed by atoms with Crippen LogP contribution >= 0.6 is 0 Å². The molecule has 0 amide bonds. The number of nitrogens with one attached hydrogen (secondary N) is 1. The summed E-state index contributed by atoms with van der Waals surface area (Å²) in [6.45, 7) is 0. The molecule has 0 unspecified atom stereocenters. The molecular weight excluding hydrogens is 169 g/mol. The number of aldehydes is 1. The maximum absolute atomic E-state index is 12.7. The smallest absolute Gasteiger partial charge is 0.137 e. The first-order valence-corrected chi connectivity index (χ1v) is 4.13. The van der Waals surface area contributed by atoms with Crippen molar-refractivity contribution in [1.29, 1.82) is 0 Å². The lowest BCUT2D eigenvalue weighted by Crippen LogP contribution is -2.28. The number of halogens is 1. The molecule has 0 bridgehead atoms. The standard InChI is InChI=1S/C10H12FNO/c1-12-10(7-13)6-8-3-2-4-9(11)5-8/h2-5,7,10,12H,6H2,1H3/t10-/m0/s1. The van der Waals surface area contributed by atoms with Gasteiger partial charge in [0.2, 0.25) is 0 Å². The van der Waals surface area contributed by atoms with Crippen LogP contribution in [0.5, 0.6) is 0 Å². The normalized spacial score (nSPS) is 12.5. The Labute approximate surface area is 76.8 Å². The van der Waals surface area contributed by atoms with E-state index in [0.29, 0.717) is 6.42 Å². The summed E-state index contributed by atoms with van der Waals surface area (Å²) in [5.74, 6) is -0.266. The molecule has 1 aromatic carbocycles. The maximum atomic E-state index is 12.7. The summed E-state index contributed by atoms with van der Waals surface area (Å²) in [7, 11) is 1.71. The minimum atomic E-state index is -0.266. The highest BCUT2D eigenvalue weighted by Crippen LogP contribution is 2.05. The van der Waals surface area contributed by atoms with Crippen molar-refractivity contribution in [2.24, 2.45) is 0 Å². The first kappa shape index (κ1) is 9.86. The predicted molar refractivity (Wildman–Crippen MR) is 49.0 cm³/mol. The highest BCUT2D eigenvalue weighted by Gasteiger charge is 2.05. The third kappa shape index (κ3) is 2.95. The number of benzene rings is 1. The fourth-order valence-electron chi connectivity index (χ4n) is 1.14. The zero-order valence-electron chi connectivity index (χ0n) is 7.46. The van der Waals surface area contributed by atoms with Gasteiger partial charge in [-0.3, -0.25) is 0 Å². The number of likely N-dealkylation sites (N-methyl/N-ethyl adjacent to an activating group) is 1. The van der Waals surface area contributed by atoms with E-state index in [9.17, 15) is 9.18 Å². The van der Waals surface area contributed by atoms with E-state index in [-0.39, 0.29) is 11.9 Å².